The van der Waals surface area contributed by atoms with Crippen LogP contribution in [-0.2, 0) is 10.7 Å². The van der Waals surface area contributed by atoms with Gasteiger partial charge in [0.25, 0.3) is 0 Å². The molecule has 0 aliphatic rings. The fraction of sp³-hybridized carbons (Fsp3) is 0.462. The third-order valence-electron chi connectivity index (χ3n) is 2.54. The maximum Gasteiger partial charge on any atom is 0.153 e. The molecular weight excluding hydrogens is 268 g/mol. The summed E-state index contributed by atoms with van der Waals surface area (Å²) in [6, 6.07) is 3.98. The standard InChI is InChI=1S/C13H17BrO2/c1-13(2,3)11-5-9(7-14)12(16-4)10(6-11)8-15/h5-6,8H,7H2,1-4H3. The summed E-state index contributed by atoms with van der Waals surface area (Å²) < 4.78 is 5.26. The minimum Gasteiger partial charge on any atom is -0.496 e. The molecule has 2 nitrogen and oxygen atoms in total. The number of methoxy groups -OCH3 is 1. The van der Waals surface area contributed by atoms with E-state index in [2.05, 4.69) is 42.8 Å². The van der Waals surface area contributed by atoms with Crippen LogP contribution < -0.4 is 4.74 Å². The first kappa shape index (κ1) is 13.2. The molecule has 3 heteroatoms. The van der Waals surface area contributed by atoms with E-state index in [-0.39, 0.29) is 5.41 Å². The van der Waals surface area contributed by atoms with Crippen molar-refractivity contribution in [3.05, 3.63) is 28.8 Å². The average Bonchev–Trinajstić information content (AvgIpc) is 2.25. The van der Waals surface area contributed by atoms with Crippen molar-refractivity contribution in [2.24, 2.45) is 0 Å². The lowest BCUT2D eigenvalue weighted by Gasteiger charge is -2.21. The number of alkyl halides is 1. The topological polar surface area (TPSA) is 26.3 Å². The van der Waals surface area contributed by atoms with E-state index >= 15 is 0 Å². The molecule has 0 aliphatic carbocycles. The lowest BCUT2D eigenvalue weighted by atomic mass is 9.85. The van der Waals surface area contributed by atoms with Crippen LogP contribution in [0.15, 0.2) is 12.1 Å². The zero-order valence-corrected chi connectivity index (χ0v) is 11.7. The maximum absolute atomic E-state index is 11.0. The van der Waals surface area contributed by atoms with Gasteiger partial charge in [-0.2, -0.15) is 0 Å². The molecule has 1 aromatic carbocycles. The minimum atomic E-state index is 0.0287. The summed E-state index contributed by atoms with van der Waals surface area (Å²) in [6.45, 7) is 6.38. The normalized spacial score (nSPS) is 11.3. The molecule has 0 aliphatic heterocycles. The highest BCUT2D eigenvalue weighted by atomic mass is 79.9. The molecular formula is C13H17BrO2. The van der Waals surface area contributed by atoms with Crippen molar-refractivity contribution in [2.75, 3.05) is 7.11 Å². The maximum atomic E-state index is 11.0. The summed E-state index contributed by atoms with van der Waals surface area (Å²) in [7, 11) is 1.59. The van der Waals surface area contributed by atoms with Crippen molar-refractivity contribution in [1.82, 2.24) is 0 Å². The molecule has 0 atom stereocenters. The van der Waals surface area contributed by atoms with Gasteiger partial charge in [0.05, 0.1) is 12.7 Å². The van der Waals surface area contributed by atoms with Crippen LogP contribution in [-0.4, -0.2) is 13.4 Å². The summed E-state index contributed by atoms with van der Waals surface area (Å²) in [5.41, 5.74) is 2.80. The molecule has 0 spiro atoms. The van der Waals surface area contributed by atoms with E-state index in [4.69, 9.17) is 4.74 Å². The smallest absolute Gasteiger partial charge is 0.153 e. The molecule has 0 radical (unpaired) electrons. The number of hydrogen-bond donors (Lipinski definition) is 0. The Hall–Kier alpha value is -0.830. The monoisotopic (exact) mass is 284 g/mol. The fourth-order valence-corrected chi connectivity index (χ4v) is 2.00. The number of rotatable bonds is 3. The van der Waals surface area contributed by atoms with Gasteiger partial charge in [0.2, 0.25) is 0 Å². The quantitative estimate of drug-likeness (QED) is 0.625. The number of aldehydes is 1. The van der Waals surface area contributed by atoms with Gasteiger partial charge >= 0.3 is 0 Å². The molecule has 0 N–H and O–H groups in total. The number of halogens is 1. The number of carbonyl (C=O) groups excluding carboxylic acids is 1. The molecule has 16 heavy (non-hydrogen) atoms. The Labute approximate surface area is 105 Å². The molecule has 0 aromatic heterocycles. The highest BCUT2D eigenvalue weighted by Crippen LogP contribution is 2.32. The lowest BCUT2D eigenvalue weighted by molar-refractivity contribution is 0.112. The van der Waals surface area contributed by atoms with Gasteiger partial charge in [-0.3, -0.25) is 4.79 Å². The molecule has 1 rings (SSSR count). The van der Waals surface area contributed by atoms with E-state index in [0.29, 0.717) is 16.6 Å². The second-order valence-corrected chi connectivity index (χ2v) is 5.32. The first-order valence-corrected chi connectivity index (χ1v) is 6.28. The van der Waals surface area contributed by atoms with Gasteiger partial charge in [-0.1, -0.05) is 42.8 Å². The minimum absolute atomic E-state index is 0.0287. The molecule has 0 unspecified atom stereocenters. The zero-order chi connectivity index (χ0) is 12.3. The summed E-state index contributed by atoms with van der Waals surface area (Å²) in [5.74, 6) is 0.667. The summed E-state index contributed by atoms with van der Waals surface area (Å²) in [6.07, 6.45) is 0.847. The van der Waals surface area contributed by atoms with Crippen molar-refractivity contribution in [3.63, 3.8) is 0 Å². The highest BCUT2D eigenvalue weighted by Gasteiger charge is 2.18. The van der Waals surface area contributed by atoms with Crippen molar-refractivity contribution < 1.29 is 9.53 Å². The third-order valence-corrected chi connectivity index (χ3v) is 3.14. The van der Waals surface area contributed by atoms with E-state index in [9.17, 15) is 4.79 Å². The van der Waals surface area contributed by atoms with Crippen molar-refractivity contribution >= 4 is 22.2 Å². The van der Waals surface area contributed by atoms with E-state index < -0.39 is 0 Å². The van der Waals surface area contributed by atoms with E-state index in [1.165, 1.54) is 0 Å². The van der Waals surface area contributed by atoms with Crippen LogP contribution in [0.3, 0.4) is 0 Å². The second-order valence-electron chi connectivity index (χ2n) is 4.76. The van der Waals surface area contributed by atoms with Crippen molar-refractivity contribution in [1.29, 1.82) is 0 Å². The van der Waals surface area contributed by atoms with Crippen LogP contribution in [0, 0.1) is 0 Å². The Kier molecular flexibility index (Phi) is 4.14. The van der Waals surface area contributed by atoms with Gasteiger partial charge in [0, 0.05) is 10.9 Å². The largest absolute Gasteiger partial charge is 0.496 e. The van der Waals surface area contributed by atoms with Crippen LogP contribution in [0.25, 0.3) is 0 Å². The van der Waals surface area contributed by atoms with Gasteiger partial charge < -0.3 is 4.74 Å². The zero-order valence-electron chi connectivity index (χ0n) is 10.1. The highest BCUT2D eigenvalue weighted by molar-refractivity contribution is 9.08. The number of carbonyl (C=O) groups is 1. The van der Waals surface area contributed by atoms with Gasteiger partial charge in [-0.15, -0.1) is 0 Å². The molecule has 0 heterocycles. The Morgan fingerprint density at radius 1 is 1.38 bits per heavy atom. The molecule has 88 valence electrons. The number of hydrogen-bond acceptors (Lipinski definition) is 2. The summed E-state index contributed by atoms with van der Waals surface area (Å²) >= 11 is 3.42. The van der Waals surface area contributed by atoms with Gasteiger partial charge in [0.15, 0.2) is 6.29 Å². The van der Waals surface area contributed by atoms with Crippen LogP contribution in [0.1, 0.15) is 42.3 Å². The summed E-state index contributed by atoms with van der Waals surface area (Å²) in [4.78, 5) is 11.0. The molecule has 0 bridgehead atoms. The lowest BCUT2D eigenvalue weighted by Crippen LogP contribution is -2.12. The number of benzene rings is 1. The molecule has 0 saturated carbocycles. The first-order chi connectivity index (χ1) is 7.43. The third kappa shape index (κ3) is 2.64. The van der Waals surface area contributed by atoms with Crippen LogP contribution in [0.4, 0.5) is 0 Å². The Balaban J connectivity index is 3.43. The Morgan fingerprint density at radius 2 is 2.00 bits per heavy atom. The van der Waals surface area contributed by atoms with Gasteiger partial charge in [-0.05, 0) is 17.0 Å². The predicted molar refractivity (Wildman–Crippen MR) is 69.7 cm³/mol. The predicted octanol–water partition coefficient (Wildman–Crippen LogP) is 3.70. The van der Waals surface area contributed by atoms with Crippen molar-refractivity contribution in [2.45, 2.75) is 31.5 Å². The van der Waals surface area contributed by atoms with E-state index in [1.54, 1.807) is 7.11 Å². The average molecular weight is 285 g/mol. The van der Waals surface area contributed by atoms with E-state index in [0.717, 1.165) is 17.4 Å². The molecule has 0 saturated heterocycles. The Morgan fingerprint density at radius 3 is 2.38 bits per heavy atom. The fourth-order valence-electron chi connectivity index (χ4n) is 1.58. The molecule has 1 aromatic rings. The molecule has 0 fully saturated rings. The SMILES string of the molecule is COc1c(C=O)cc(C(C)(C)C)cc1CBr. The van der Waals surface area contributed by atoms with Crippen LogP contribution in [0.2, 0.25) is 0 Å². The number of ether oxygens (including phenoxy) is 1. The van der Waals surface area contributed by atoms with E-state index in [1.807, 2.05) is 6.07 Å². The van der Waals surface area contributed by atoms with Gasteiger partial charge in [0.1, 0.15) is 5.75 Å². The summed E-state index contributed by atoms with van der Waals surface area (Å²) in [5, 5.41) is 0.681. The van der Waals surface area contributed by atoms with Crippen LogP contribution in [0.5, 0.6) is 5.75 Å². The van der Waals surface area contributed by atoms with Crippen LogP contribution >= 0.6 is 15.9 Å². The second kappa shape index (κ2) is 5.00. The van der Waals surface area contributed by atoms with Crippen molar-refractivity contribution in [3.8, 4) is 5.75 Å². The first-order valence-electron chi connectivity index (χ1n) is 5.16. The molecule has 0 amide bonds. The van der Waals surface area contributed by atoms with Gasteiger partial charge in [-0.25, -0.2) is 0 Å². The Bertz CT molecular complexity index is 392.